The van der Waals surface area contributed by atoms with Gasteiger partial charge in [-0.05, 0) is 32.1 Å². The van der Waals surface area contributed by atoms with Crippen LogP contribution in [0.2, 0.25) is 0 Å². The van der Waals surface area contributed by atoms with Crippen molar-refractivity contribution in [2.45, 2.75) is 43.3 Å². The van der Waals surface area contributed by atoms with Gasteiger partial charge < -0.3 is 9.84 Å². The lowest BCUT2D eigenvalue weighted by molar-refractivity contribution is 0.125. The topological polar surface area (TPSA) is 32.8 Å². The molecule has 1 saturated carbocycles. The fourth-order valence-electron chi connectivity index (χ4n) is 3.39. The zero-order chi connectivity index (χ0) is 8.94. The van der Waals surface area contributed by atoms with E-state index in [0.717, 1.165) is 19.3 Å². The molecular weight excluding hydrogens is 164 g/mol. The number of epoxide rings is 1. The molecule has 72 valence electrons. The van der Waals surface area contributed by atoms with Gasteiger partial charge in [0, 0.05) is 12.5 Å². The van der Waals surface area contributed by atoms with Gasteiger partial charge in [-0.1, -0.05) is 12.2 Å². The number of ether oxygens (including phenoxy) is 1. The van der Waals surface area contributed by atoms with Crippen LogP contribution in [0.25, 0.3) is 0 Å². The number of hydrogen-bond acceptors (Lipinski definition) is 2. The Balaban J connectivity index is 1.94. The highest BCUT2D eigenvalue weighted by molar-refractivity contribution is 5.27. The highest BCUT2D eigenvalue weighted by Crippen LogP contribution is 2.65. The van der Waals surface area contributed by atoms with Gasteiger partial charge in [0.25, 0.3) is 0 Å². The second-order valence-corrected chi connectivity index (χ2v) is 4.64. The molecule has 13 heavy (non-hydrogen) atoms. The number of aliphatic hydroxyl groups excluding tert-OH is 1. The lowest BCUT2D eigenvalue weighted by Crippen LogP contribution is -2.40. The highest BCUT2D eigenvalue weighted by Gasteiger charge is 2.73. The Morgan fingerprint density at radius 1 is 1.38 bits per heavy atom. The predicted molar refractivity (Wildman–Crippen MR) is 49.3 cm³/mol. The predicted octanol–water partition coefficient (Wildman–Crippen LogP) is 1.64. The molecule has 2 fully saturated rings. The summed E-state index contributed by atoms with van der Waals surface area (Å²) in [5, 5.41) is 9.31. The molecule has 0 aromatic carbocycles. The molecule has 0 bridgehead atoms. The largest absolute Gasteiger partial charge is 0.396 e. The fourth-order valence-corrected chi connectivity index (χ4v) is 3.39. The third kappa shape index (κ3) is 0.810. The van der Waals surface area contributed by atoms with E-state index < -0.39 is 0 Å². The van der Waals surface area contributed by atoms with Crippen LogP contribution in [0, 0.1) is 5.92 Å². The Hall–Kier alpha value is -0.340. The summed E-state index contributed by atoms with van der Waals surface area (Å²) in [6.07, 6.45) is 10.1. The molecule has 1 heterocycles. The molecule has 2 heteroatoms. The first-order valence-electron chi connectivity index (χ1n) is 5.29. The average Bonchev–Trinajstić information content (AvgIpc) is 2.86. The molecule has 0 amide bonds. The molecule has 1 N–H and O–H groups in total. The molecule has 0 unspecified atom stereocenters. The van der Waals surface area contributed by atoms with Crippen LogP contribution in [0.4, 0.5) is 0 Å². The van der Waals surface area contributed by atoms with E-state index in [1.165, 1.54) is 12.8 Å². The molecule has 2 aliphatic carbocycles. The van der Waals surface area contributed by atoms with Gasteiger partial charge in [-0.3, -0.25) is 0 Å². The van der Waals surface area contributed by atoms with Crippen molar-refractivity contribution < 1.29 is 9.84 Å². The van der Waals surface area contributed by atoms with Crippen LogP contribution < -0.4 is 0 Å². The molecule has 1 saturated heterocycles. The van der Waals surface area contributed by atoms with Crippen molar-refractivity contribution in [2.75, 3.05) is 6.61 Å². The van der Waals surface area contributed by atoms with Crippen LogP contribution in [0.3, 0.4) is 0 Å². The maximum Gasteiger partial charge on any atom is 0.107 e. The average molecular weight is 180 g/mol. The van der Waals surface area contributed by atoms with Crippen molar-refractivity contribution in [3.05, 3.63) is 12.2 Å². The van der Waals surface area contributed by atoms with Gasteiger partial charge in [0.1, 0.15) is 11.2 Å². The zero-order valence-electron chi connectivity index (χ0n) is 7.83. The molecule has 0 radical (unpaired) electrons. The number of rotatable bonds is 1. The second kappa shape index (κ2) is 2.37. The van der Waals surface area contributed by atoms with Crippen molar-refractivity contribution in [3.63, 3.8) is 0 Å². The van der Waals surface area contributed by atoms with Crippen LogP contribution in [-0.2, 0) is 4.74 Å². The molecule has 0 spiro atoms. The van der Waals surface area contributed by atoms with E-state index in [4.69, 9.17) is 4.74 Å². The maximum absolute atomic E-state index is 9.31. The Morgan fingerprint density at radius 2 is 2.23 bits per heavy atom. The van der Waals surface area contributed by atoms with Gasteiger partial charge in [0.15, 0.2) is 0 Å². The smallest absolute Gasteiger partial charge is 0.107 e. The van der Waals surface area contributed by atoms with E-state index in [9.17, 15) is 5.11 Å². The quantitative estimate of drug-likeness (QED) is 0.491. The summed E-state index contributed by atoms with van der Waals surface area (Å²) in [4.78, 5) is 0. The summed E-state index contributed by atoms with van der Waals surface area (Å²) in [6, 6.07) is 0. The summed E-state index contributed by atoms with van der Waals surface area (Å²) in [5.41, 5.74) is 0.197. The van der Waals surface area contributed by atoms with Gasteiger partial charge in [0.2, 0.25) is 0 Å². The molecule has 1 aliphatic heterocycles. The standard InChI is InChI=1S/C11H16O2/c12-8-9-4-3-6-10-5-1-2-7-11(9,10)13-10/h1-2,9,12H,3-8H2/t9-,10-,11+/m1/s1. The van der Waals surface area contributed by atoms with Gasteiger partial charge >= 0.3 is 0 Å². The van der Waals surface area contributed by atoms with E-state index in [1.807, 2.05) is 0 Å². The third-order valence-corrected chi connectivity index (χ3v) is 4.16. The summed E-state index contributed by atoms with van der Waals surface area (Å²) < 4.78 is 5.99. The maximum atomic E-state index is 9.31. The third-order valence-electron chi connectivity index (χ3n) is 4.16. The Labute approximate surface area is 78.6 Å². The minimum atomic E-state index is 0.0503. The van der Waals surface area contributed by atoms with Crippen molar-refractivity contribution in [1.29, 1.82) is 0 Å². The molecule has 3 atom stereocenters. The fraction of sp³-hybridized carbons (Fsp3) is 0.818. The normalized spacial score (nSPS) is 52.5. The lowest BCUT2D eigenvalue weighted by atomic mass is 9.68. The SMILES string of the molecule is OC[C@H]1CCC[C@]23CC=CC[C@]12O3. The summed E-state index contributed by atoms with van der Waals surface area (Å²) >= 11 is 0. The van der Waals surface area contributed by atoms with E-state index in [0.29, 0.717) is 12.5 Å². The van der Waals surface area contributed by atoms with Crippen molar-refractivity contribution in [3.8, 4) is 0 Å². The van der Waals surface area contributed by atoms with E-state index in [-0.39, 0.29) is 11.2 Å². The van der Waals surface area contributed by atoms with Crippen molar-refractivity contribution in [1.82, 2.24) is 0 Å². The first kappa shape index (κ1) is 8.01. The van der Waals surface area contributed by atoms with Crippen LogP contribution in [0.15, 0.2) is 12.2 Å². The molecule has 0 aromatic rings. The number of aliphatic hydroxyl groups is 1. The van der Waals surface area contributed by atoms with Crippen LogP contribution in [0.1, 0.15) is 32.1 Å². The van der Waals surface area contributed by atoms with E-state index in [1.54, 1.807) is 0 Å². The molecule has 3 rings (SSSR count). The minimum Gasteiger partial charge on any atom is -0.396 e. The summed E-state index contributed by atoms with van der Waals surface area (Å²) in [7, 11) is 0. The lowest BCUT2D eigenvalue weighted by Gasteiger charge is -2.32. The van der Waals surface area contributed by atoms with Gasteiger partial charge in [-0.15, -0.1) is 0 Å². The van der Waals surface area contributed by atoms with Crippen LogP contribution >= 0.6 is 0 Å². The Kier molecular flexibility index (Phi) is 1.46. The highest BCUT2D eigenvalue weighted by atomic mass is 16.6. The Bertz CT molecular complexity index is 261. The molecule has 0 aromatic heterocycles. The van der Waals surface area contributed by atoms with Gasteiger partial charge in [0.05, 0.1) is 0 Å². The van der Waals surface area contributed by atoms with Crippen LogP contribution in [0.5, 0.6) is 0 Å². The summed E-state index contributed by atoms with van der Waals surface area (Å²) in [6.45, 7) is 0.301. The molecular formula is C11H16O2. The first-order chi connectivity index (χ1) is 6.33. The van der Waals surface area contributed by atoms with Gasteiger partial charge in [-0.25, -0.2) is 0 Å². The number of hydrogen-bond donors (Lipinski definition) is 1. The zero-order valence-corrected chi connectivity index (χ0v) is 7.83. The minimum absolute atomic E-state index is 0.0503. The van der Waals surface area contributed by atoms with E-state index >= 15 is 0 Å². The van der Waals surface area contributed by atoms with E-state index in [2.05, 4.69) is 12.2 Å². The Morgan fingerprint density at radius 3 is 3.08 bits per heavy atom. The first-order valence-corrected chi connectivity index (χ1v) is 5.29. The molecule has 3 aliphatic rings. The monoisotopic (exact) mass is 180 g/mol. The van der Waals surface area contributed by atoms with Gasteiger partial charge in [-0.2, -0.15) is 0 Å². The van der Waals surface area contributed by atoms with Crippen molar-refractivity contribution >= 4 is 0 Å². The second-order valence-electron chi connectivity index (χ2n) is 4.64. The van der Waals surface area contributed by atoms with Crippen molar-refractivity contribution in [2.24, 2.45) is 5.92 Å². The molecule has 2 nitrogen and oxygen atoms in total. The van der Waals surface area contributed by atoms with Crippen LogP contribution in [-0.4, -0.2) is 22.9 Å². The summed E-state index contributed by atoms with van der Waals surface area (Å²) in [5.74, 6) is 0.395.